The second-order valence-electron chi connectivity index (χ2n) is 3.82. The van der Waals surface area contributed by atoms with Crippen molar-refractivity contribution in [2.75, 3.05) is 0 Å². The monoisotopic (exact) mass is 252 g/mol. The first-order chi connectivity index (χ1) is 9.29. The molecule has 0 aromatic heterocycles. The summed E-state index contributed by atoms with van der Waals surface area (Å²) in [6.07, 6.45) is 3.80. The van der Waals surface area contributed by atoms with Gasteiger partial charge in [0.25, 0.3) is 0 Å². The van der Waals surface area contributed by atoms with Crippen molar-refractivity contribution in [1.29, 1.82) is 0 Å². The van der Waals surface area contributed by atoms with Crippen molar-refractivity contribution in [3.63, 3.8) is 0 Å². The van der Waals surface area contributed by atoms with Crippen molar-refractivity contribution in [3.8, 4) is 5.75 Å². The standard InChI is InChI=1S/C16H12O3/c17-12-4-5-13-8-10-15(11-9-13)19-16(18)14-6-2-1-3-7-14/h1-12H/b5-4+. The van der Waals surface area contributed by atoms with Crippen LogP contribution < -0.4 is 4.74 Å². The maximum absolute atomic E-state index is 11.8. The van der Waals surface area contributed by atoms with Gasteiger partial charge in [-0.2, -0.15) is 0 Å². The van der Waals surface area contributed by atoms with Crippen LogP contribution in [0.4, 0.5) is 0 Å². The number of ether oxygens (including phenoxy) is 1. The maximum Gasteiger partial charge on any atom is 0.343 e. The maximum atomic E-state index is 11.8. The quantitative estimate of drug-likeness (QED) is 0.363. The van der Waals surface area contributed by atoms with E-state index in [2.05, 4.69) is 0 Å². The summed E-state index contributed by atoms with van der Waals surface area (Å²) in [6.45, 7) is 0. The fourth-order valence-electron chi connectivity index (χ4n) is 1.54. The number of hydrogen-bond donors (Lipinski definition) is 0. The molecule has 0 spiro atoms. The zero-order valence-corrected chi connectivity index (χ0v) is 10.2. The summed E-state index contributed by atoms with van der Waals surface area (Å²) in [4.78, 5) is 22.0. The van der Waals surface area contributed by atoms with E-state index in [-0.39, 0.29) is 0 Å². The molecule has 0 aliphatic heterocycles. The predicted octanol–water partition coefficient (Wildman–Crippen LogP) is 3.12. The number of hydrogen-bond acceptors (Lipinski definition) is 3. The molecule has 2 aromatic carbocycles. The zero-order valence-electron chi connectivity index (χ0n) is 10.2. The van der Waals surface area contributed by atoms with Gasteiger partial charge in [-0.1, -0.05) is 36.4 Å². The average Bonchev–Trinajstić information content (AvgIpc) is 2.47. The Labute approximate surface area is 111 Å². The molecule has 2 aromatic rings. The predicted molar refractivity (Wildman–Crippen MR) is 72.9 cm³/mol. The summed E-state index contributed by atoms with van der Waals surface area (Å²) in [5, 5.41) is 0. The van der Waals surface area contributed by atoms with Crippen LogP contribution in [0.3, 0.4) is 0 Å². The van der Waals surface area contributed by atoms with Gasteiger partial charge < -0.3 is 4.74 Å². The highest BCUT2D eigenvalue weighted by molar-refractivity contribution is 5.91. The van der Waals surface area contributed by atoms with E-state index < -0.39 is 5.97 Å². The van der Waals surface area contributed by atoms with E-state index in [4.69, 9.17) is 4.74 Å². The summed E-state index contributed by atoms with van der Waals surface area (Å²) < 4.78 is 5.23. The molecule has 0 aliphatic carbocycles. The second kappa shape index (κ2) is 6.31. The van der Waals surface area contributed by atoms with Gasteiger partial charge >= 0.3 is 5.97 Å². The van der Waals surface area contributed by atoms with Gasteiger partial charge in [-0.25, -0.2) is 4.79 Å². The van der Waals surface area contributed by atoms with E-state index in [1.165, 1.54) is 6.08 Å². The van der Waals surface area contributed by atoms with E-state index in [9.17, 15) is 9.59 Å². The van der Waals surface area contributed by atoms with Gasteiger partial charge in [-0.15, -0.1) is 0 Å². The fraction of sp³-hybridized carbons (Fsp3) is 0. The first kappa shape index (κ1) is 12.8. The highest BCUT2D eigenvalue weighted by Gasteiger charge is 2.06. The van der Waals surface area contributed by atoms with Crippen molar-refractivity contribution in [2.45, 2.75) is 0 Å². The first-order valence-corrected chi connectivity index (χ1v) is 5.79. The summed E-state index contributed by atoms with van der Waals surface area (Å²) in [6, 6.07) is 15.7. The van der Waals surface area contributed by atoms with E-state index in [0.717, 1.165) is 5.56 Å². The van der Waals surface area contributed by atoms with Crippen LogP contribution in [0.25, 0.3) is 6.08 Å². The van der Waals surface area contributed by atoms with Crippen LogP contribution in [0.1, 0.15) is 15.9 Å². The van der Waals surface area contributed by atoms with Gasteiger partial charge in [-0.05, 0) is 35.9 Å². The lowest BCUT2D eigenvalue weighted by Gasteiger charge is -2.04. The molecule has 3 nitrogen and oxygen atoms in total. The van der Waals surface area contributed by atoms with Crippen molar-refractivity contribution < 1.29 is 14.3 Å². The highest BCUT2D eigenvalue weighted by Crippen LogP contribution is 2.15. The Morgan fingerprint density at radius 1 is 0.947 bits per heavy atom. The molecule has 0 atom stereocenters. The molecule has 94 valence electrons. The summed E-state index contributed by atoms with van der Waals surface area (Å²) in [7, 11) is 0. The normalized spacial score (nSPS) is 10.3. The molecule has 0 fully saturated rings. The van der Waals surface area contributed by atoms with Gasteiger partial charge in [0.15, 0.2) is 0 Å². The molecule has 0 aliphatic rings. The third kappa shape index (κ3) is 3.64. The molecule has 3 heteroatoms. The van der Waals surface area contributed by atoms with E-state index in [1.54, 1.807) is 54.6 Å². The number of carbonyl (C=O) groups is 2. The second-order valence-corrected chi connectivity index (χ2v) is 3.82. The summed E-state index contributed by atoms with van der Waals surface area (Å²) in [5.74, 6) is 0.0777. The largest absolute Gasteiger partial charge is 0.423 e. The lowest BCUT2D eigenvalue weighted by Crippen LogP contribution is -2.07. The number of aldehydes is 1. The van der Waals surface area contributed by atoms with Gasteiger partial charge in [0.1, 0.15) is 12.0 Å². The van der Waals surface area contributed by atoms with Gasteiger partial charge in [0.2, 0.25) is 0 Å². The molecule has 0 N–H and O–H groups in total. The van der Waals surface area contributed by atoms with Gasteiger partial charge in [0.05, 0.1) is 5.56 Å². The SMILES string of the molecule is O=C/C=C/c1ccc(OC(=O)c2ccccc2)cc1. The van der Waals surface area contributed by atoms with Crippen LogP contribution in [-0.4, -0.2) is 12.3 Å². The number of allylic oxidation sites excluding steroid dienone is 1. The van der Waals surface area contributed by atoms with E-state index >= 15 is 0 Å². The number of esters is 1. The molecule has 0 heterocycles. The van der Waals surface area contributed by atoms with Crippen LogP contribution in [0, 0.1) is 0 Å². The number of benzene rings is 2. The molecule has 2 rings (SSSR count). The molecular formula is C16H12O3. The first-order valence-electron chi connectivity index (χ1n) is 5.79. The van der Waals surface area contributed by atoms with Crippen LogP contribution in [0.2, 0.25) is 0 Å². The van der Waals surface area contributed by atoms with Crippen molar-refractivity contribution in [2.24, 2.45) is 0 Å². The Balaban J connectivity index is 2.06. The third-order valence-corrected chi connectivity index (χ3v) is 2.47. The molecule has 0 saturated heterocycles. The zero-order chi connectivity index (χ0) is 13.5. The van der Waals surface area contributed by atoms with Gasteiger partial charge in [0, 0.05) is 0 Å². The topological polar surface area (TPSA) is 43.4 Å². The smallest absolute Gasteiger partial charge is 0.343 e. The molecule has 0 bridgehead atoms. The molecule has 0 unspecified atom stereocenters. The minimum absolute atomic E-state index is 0.392. The Morgan fingerprint density at radius 3 is 2.26 bits per heavy atom. The van der Waals surface area contributed by atoms with Crippen molar-refractivity contribution >= 4 is 18.3 Å². The number of carbonyl (C=O) groups excluding carboxylic acids is 2. The van der Waals surface area contributed by atoms with Crippen LogP contribution in [0.5, 0.6) is 5.75 Å². The van der Waals surface area contributed by atoms with Crippen LogP contribution in [0.15, 0.2) is 60.7 Å². The van der Waals surface area contributed by atoms with Crippen molar-refractivity contribution in [3.05, 3.63) is 71.8 Å². The molecule has 0 radical (unpaired) electrons. The Morgan fingerprint density at radius 2 is 1.63 bits per heavy atom. The van der Waals surface area contributed by atoms with Crippen LogP contribution in [-0.2, 0) is 4.79 Å². The average molecular weight is 252 g/mol. The fourth-order valence-corrected chi connectivity index (χ4v) is 1.54. The minimum atomic E-state index is -0.392. The van der Waals surface area contributed by atoms with Crippen molar-refractivity contribution in [1.82, 2.24) is 0 Å². The highest BCUT2D eigenvalue weighted by atomic mass is 16.5. The summed E-state index contributed by atoms with van der Waals surface area (Å²) in [5.41, 5.74) is 1.37. The lowest BCUT2D eigenvalue weighted by atomic mass is 10.2. The minimum Gasteiger partial charge on any atom is -0.423 e. The molecule has 0 amide bonds. The Bertz CT molecular complexity index is 583. The van der Waals surface area contributed by atoms with Gasteiger partial charge in [-0.3, -0.25) is 4.79 Å². The van der Waals surface area contributed by atoms with E-state index in [0.29, 0.717) is 17.6 Å². The summed E-state index contributed by atoms with van der Waals surface area (Å²) >= 11 is 0. The van der Waals surface area contributed by atoms with E-state index in [1.807, 2.05) is 6.07 Å². The van der Waals surface area contributed by atoms with Crippen LogP contribution >= 0.6 is 0 Å². The molecule has 19 heavy (non-hydrogen) atoms. The third-order valence-electron chi connectivity index (χ3n) is 2.47. The Hall–Kier alpha value is -2.68. The molecule has 0 saturated carbocycles. The Kier molecular flexibility index (Phi) is 4.24. The number of rotatable bonds is 4. The molecular weight excluding hydrogens is 240 g/mol. The lowest BCUT2D eigenvalue weighted by molar-refractivity contribution is -0.104.